The van der Waals surface area contributed by atoms with Gasteiger partial charge in [0.05, 0.1) is 8.49 Å². The largest absolute Gasteiger partial charge is 0.457 e. The molecule has 1 atom stereocenters. The average Bonchev–Trinajstić information content (AvgIpc) is 2.93. The number of non-ortho nitro benzene ring substituents is 1. The molecule has 2 aromatic rings. The highest BCUT2D eigenvalue weighted by Gasteiger charge is 2.48. The van der Waals surface area contributed by atoms with Crippen LogP contribution in [0.5, 0.6) is 0 Å². The van der Waals surface area contributed by atoms with Crippen LogP contribution in [0.25, 0.3) is 11.0 Å². The zero-order chi connectivity index (χ0) is 15.5. The molecule has 5 rings (SSSR count). The number of nitrogens with zero attached hydrogens (tertiary/aromatic N) is 2. The van der Waals surface area contributed by atoms with Gasteiger partial charge in [-0.1, -0.05) is 0 Å². The number of piperidine rings is 3. The maximum atomic E-state index is 11.1. The number of hydrogen-bond acceptors (Lipinski definition) is 5. The Bertz CT molecular complexity index is 766. The summed E-state index contributed by atoms with van der Waals surface area (Å²) in [6, 6.07) is 4.78. The fourth-order valence-electron chi connectivity index (χ4n) is 3.73. The summed E-state index contributed by atoms with van der Waals surface area (Å²) in [5, 5.41) is 22.8. The molecule has 7 heteroatoms. The lowest BCUT2D eigenvalue weighted by atomic mass is 9.74. The van der Waals surface area contributed by atoms with Gasteiger partial charge in [0, 0.05) is 24.1 Å². The molecule has 2 bridgehead atoms. The van der Waals surface area contributed by atoms with Gasteiger partial charge in [0.1, 0.15) is 16.9 Å². The quantitative estimate of drug-likeness (QED) is 0.465. The molecular formula is C15H15IN2O4. The topological polar surface area (TPSA) is 79.8 Å². The van der Waals surface area contributed by atoms with Crippen molar-refractivity contribution in [3.63, 3.8) is 0 Å². The van der Waals surface area contributed by atoms with E-state index in [1.165, 1.54) is 12.1 Å². The predicted octanol–water partition coefficient (Wildman–Crippen LogP) is 2.86. The summed E-state index contributed by atoms with van der Waals surface area (Å²) in [6.45, 7) is 2.63. The second kappa shape index (κ2) is 4.90. The second-order valence-electron chi connectivity index (χ2n) is 6.19. The van der Waals surface area contributed by atoms with Crippen LogP contribution in [0.1, 0.15) is 18.6 Å². The fraction of sp³-hybridized carbons (Fsp3) is 0.467. The van der Waals surface area contributed by atoms with Crippen molar-refractivity contribution in [3.05, 3.63) is 37.6 Å². The highest BCUT2D eigenvalue weighted by atomic mass is 127. The van der Waals surface area contributed by atoms with Crippen molar-refractivity contribution < 1.29 is 14.4 Å². The van der Waals surface area contributed by atoms with Crippen LogP contribution >= 0.6 is 22.6 Å². The van der Waals surface area contributed by atoms with Crippen molar-refractivity contribution in [2.75, 3.05) is 19.6 Å². The van der Waals surface area contributed by atoms with Crippen molar-refractivity contribution in [1.82, 2.24) is 4.90 Å². The molecule has 3 fully saturated rings. The molecule has 1 aromatic heterocycles. The van der Waals surface area contributed by atoms with E-state index in [9.17, 15) is 15.2 Å². The lowest BCUT2D eigenvalue weighted by Gasteiger charge is -2.49. The minimum absolute atomic E-state index is 0.0464. The number of nitro benzene ring substituents is 1. The van der Waals surface area contributed by atoms with E-state index in [2.05, 4.69) is 4.90 Å². The van der Waals surface area contributed by atoms with Crippen molar-refractivity contribution in [2.45, 2.75) is 18.4 Å². The predicted molar refractivity (Wildman–Crippen MR) is 88.6 cm³/mol. The number of benzene rings is 1. The molecule has 3 saturated heterocycles. The highest BCUT2D eigenvalue weighted by Crippen LogP contribution is 2.44. The molecule has 4 heterocycles. The number of furan rings is 1. The minimum atomic E-state index is -0.979. The Morgan fingerprint density at radius 3 is 2.68 bits per heavy atom. The summed E-state index contributed by atoms with van der Waals surface area (Å²) in [6.07, 6.45) is 1.93. The molecule has 0 aliphatic carbocycles. The lowest BCUT2D eigenvalue weighted by Crippen LogP contribution is -2.56. The molecule has 0 saturated carbocycles. The van der Waals surface area contributed by atoms with Gasteiger partial charge in [-0.25, -0.2) is 0 Å². The van der Waals surface area contributed by atoms with Gasteiger partial charge in [0.15, 0.2) is 0 Å². The summed E-state index contributed by atoms with van der Waals surface area (Å²) in [5.74, 6) is 0.737. The first-order chi connectivity index (χ1) is 10.5. The van der Waals surface area contributed by atoms with Crippen LogP contribution in [0.3, 0.4) is 0 Å². The van der Waals surface area contributed by atoms with E-state index in [1.54, 1.807) is 6.07 Å². The Balaban J connectivity index is 1.83. The molecule has 1 aromatic carbocycles. The van der Waals surface area contributed by atoms with Crippen molar-refractivity contribution in [3.8, 4) is 0 Å². The van der Waals surface area contributed by atoms with E-state index in [0.717, 1.165) is 25.9 Å². The molecule has 3 aliphatic heterocycles. The van der Waals surface area contributed by atoms with Gasteiger partial charge in [-0.15, -0.1) is 0 Å². The fourth-order valence-corrected chi connectivity index (χ4v) is 4.47. The number of aliphatic hydroxyl groups is 1. The first-order valence-electron chi connectivity index (χ1n) is 7.30. The SMILES string of the molecule is O=[N+]([O-])c1cc(I)c2oc(C3(O)CN4CCC3CC4)cc2c1. The van der Waals surface area contributed by atoms with Crippen LogP contribution < -0.4 is 0 Å². The Hall–Kier alpha value is -1.19. The van der Waals surface area contributed by atoms with Crippen molar-refractivity contribution >= 4 is 39.2 Å². The third kappa shape index (κ3) is 2.06. The van der Waals surface area contributed by atoms with Crippen LogP contribution in [0, 0.1) is 19.6 Å². The Labute approximate surface area is 140 Å². The summed E-state index contributed by atoms with van der Waals surface area (Å²) in [5.41, 5.74) is -0.316. The van der Waals surface area contributed by atoms with Gasteiger partial charge in [-0.05, 0) is 60.5 Å². The lowest BCUT2D eigenvalue weighted by molar-refractivity contribution is -0.384. The van der Waals surface area contributed by atoms with Crippen molar-refractivity contribution in [2.24, 2.45) is 5.92 Å². The molecule has 0 spiro atoms. The van der Waals surface area contributed by atoms with Gasteiger partial charge in [-0.3, -0.25) is 15.0 Å². The number of nitro groups is 1. The molecule has 3 aliphatic rings. The average molecular weight is 414 g/mol. The molecule has 116 valence electrons. The van der Waals surface area contributed by atoms with Crippen LogP contribution in [0.15, 0.2) is 22.6 Å². The van der Waals surface area contributed by atoms with Gasteiger partial charge >= 0.3 is 0 Å². The Morgan fingerprint density at radius 2 is 2.09 bits per heavy atom. The zero-order valence-electron chi connectivity index (χ0n) is 11.8. The van der Waals surface area contributed by atoms with E-state index in [1.807, 2.05) is 22.6 Å². The molecule has 6 nitrogen and oxygen atoms in total. The molecule has 1 unspecified atom stereocenters. The van der Waals surface area contributed by atoms with E-state index >= 15 is 0 Å². The summed E-state index contributed by atoms with van der Waals surface area (Å²) in [7, 11) is 0. The number of rotatable bonds is 2. The Kier molecular flexibility index (Phi) is 3.21. The second-order valence-corrected chi connectivity index (χ2v) is 7.35. The molecule has 1 N–H and O–H groups in total. The number of fused-ring (bicyclic) bond motifs is 4. The standard InChI is InChI=1S/C15H15IN2O4/c16-12-7-11(18(20)21)5-9-6-13(22-14(9)12)15(19)8-17-3-1-10(15)2-4-17/h5-7,10,19H,1-4,8H2. The molecular weight excluding hydrogens is 399 g/mol. The van der Waals surface area contributed by atoms with Crippen LogP contribution in [0.2, 0.25) is 0 Å². The monoisotopic (exact) mass is 414 g/mol. The summed E-state index contributed by atoms with van der Waals surface area (Å²) in [4.78, 5) is 12.8. The highest BCUT2D eigenvalue weighted by molar-refractivity contribution is 14.1. The zero-order valence-corrected chi connectivity index (χ0v) is 13.9. The summed E-state index contributed by atoms with van der Waals surface area (Å²) >= 11 is 2.04. The third-order valence-corrected chi connectivity index (χ3v) is 5.72. The van der Waals surface area contributed by atoms with Gasteiger partial charge in [0.2, 0.25) is 0 Å². The minimum Gasteiger partial charge on any atom is -0.457 e. The number of hydrogen-bond donors (Lipinski definition) is 1. The van der Waals surface area contributed by atoms with Gasteiger partial charge in [0.25, 0.3) is 5.69 Å². The molecule has 0 radical (unpaired) electrons. The van der Waals surface area contributed by atoms with Crippen LogP contribution in [0.4, 0.5) is 5.69 Å². The molecule has 0 amide bonds. The first kappa shape index (κ1) is 14.4. The first-order valence-corrected chi connectivity index (χ1v) is 8.38. The maximum Gasteiger partial charge on any atom is 0.271 e. The van der Waals surface area contributed by atoms with Crippen molar-refractivity contribution in [1.29, 1.82) is 0 Å². The van der Waals surface area contributed by atoms with Crippen LogP contribution in [-0.2, 0) is 5.60 Å². The van der Waals surface area contributed by atoms with Crippen LogP contribution in [-0.4, -0.2) is 34.6 Å². The van der Waals surface area contributed by atoms with Gasteiger partial charge in [-0.2, -0.15) is 0 Å². The van der Waals surface area contributed by atoms with E-state index in [4.69, 9.17) is 4.42 Å². The van der Waals surface area contributed by atoms with Gasteiger partial charge < -0.3 is 9.52 Å². The normalized spacial score (nSPS) is 30.8. The van der Waals surface area contributed by atoms with E-state index in [-0.39, 0.29) is 11.6 Å². The number of halogens is 1. The molecule has 22 heavy (non-hydrogen) atoms. The Morgan fingerprint density at radius 1 is 1.36 bits per heavy atom. The maximum absolute atomic E-state index is 11.1. The smallest absolute Gasteiger partial charge is 0.271 e. The summed E-state index contributed by atoms with van der Waals surface area (Å²) < 4.78 is 6.61. The third-order valence-electron chi connectivity index (χ3n) is 4.92. The van der Waals surface area contributed by atoms with E-state index < -0.39 is 10.5 Å². The van der Waals surface area contributed by atoms with E-state index in [0.29, 0.717) is 26.8 Å².